The Labute approximate surface area is 122 Å². The molecule has 1 aromatic carbocycles. The number of nitrogens with zero attached hydrogens (tertiary/aromatic N) is 1. The van der Waals surface area contributed by atoms with Gasteiger partial charge in [-0.1, -0.05) is 24.3 Å². The number of nitrogens with one attached hydrogen (secondary N) is 1. The van der Waals surface area contributed by atoms with E-state index in [-0.39, 0.29) is 12.5 Å². The second kappa shape index (κ2) is 5.40. The van der Waals surface area contributed by atoms with Crippen LogP contribution in [0.2, 0.25) is 0 Å². The third-order valence-corrected chi connectivity index (χ3v) is 3.18. The van der Waals surface area contributed by atoms with Crippen LogP contribution in [-0.4, -0.2) is 33.5 Å². The first kappa shape index (κ1) is 14.8. The number of hydrogen-bond donors (Lipinski definition) is 2. The van der Waals surface area contributed by atoms with Crippen LogP contribution >= 0.6 is 0 Å². The highest BCUT2D eigenvalue weighted by molar-refractivity contribution is 6.06. The maximum atomic E-state index is 12.1. The maximum Gasteiger partial charge on any atom is 0.328 e. The number of hydrogen-bond acceptors (Lipinski definition) is 3. The second-order valence-electron chi connectivity index (χ2n) is 5.36. The molecule has 0 bridgehead atoms. The zero-order chi connectivity index (χ0) is 15.6. The number of carbonyl (C=O) groups is 3. The number of benzene rings is 1. The highest BCUT2D eigenvalue weighted by Crippen LogP contribution is 2.19. The van der Waals surface area contributed by atoms with E-state index < -0.39 is 17.5 Å². The summed E-state index contributed by atoms with van der Waals surface area (Å²) in [6, 6.07) is 6.58. The average Bonchev–Trinajstić information content (AvgIpc) is 2.60. The number of amides is 3. The summed E-state index contributed by atoms with van der Waals surface area (Å²) in [7, 11) is 0. The molecule has 1 aliphatic rings. The summed E-state index contributed by atoms with van der Waals surface area (Å²) in [5.74, 6) is -1.28. The molecule has 0 radical (unpaired) electrons. The molecule has 1 saturated heterocycles. The Morgan fingerprint density at radius 1 is 1.29 bits per heavy atom. The molecule has 110 valence electrons. The van der Waals surface area contributed by atoms with E-state index in [9.17, 15) is 14.4 Å². The van der Waals surface area contributed by atoms with E-state index in [2.05, 4.69) is 5.32 Å². The summed E-state index contributed by atoms with van der Waals surface area (Å²) >= 11 is 0. The molecule has 2 rings (SSSR count). The monoisotopic (exact) mass is 288 g/mol. The summed E-state index contributed by atoms with van der Waals surface area (Å²) < 4.78 is 0. The molecule has 6 nitrogen and oxygen atoms in total. The number of urea groups is 1. The topological polar surface area (TPSA) is 86.7 Å². The van der Waals surface area contributed by atoms with Gasteiger partial charge in [0.05, 0.1) is 6.54 Å². The first-order valence-electron chi connectivity index (χ1n) is 6.44. The molecule has 0 saturated carbocycles. The quantitative estimate of drug-likeness (QED) is 0.651. The Bertz CT molecular complexity index is 617. The number of carboxylic acids is 1. The molecule has 2 N–H and O–H groups in total. The molecule has 0 atom stereocenters. The fourth-order valence-corrected chi connectivity index (χ4v) is 2.05. The Morgan fingerprint density at radius 3 is 2.38 bits per heavy atom. The fraction of sp³-hybridized carbons (Fsp3) is 0.267. The van der Waals surface area contributed by atoms with E-state index in [4.69, 9.17) is 5.11 Å². The van der Waals surface area contributed by atoms with Gasteiger partial charge in [0.1, 0.15) is 5.54 Å². The standard InChI is InChI=1S/C15H16N2O4/c1-15(2)13(20)17(14(21)16-15)9-11-5-3-10(4-6-11)7-8-12(18)19/h3-8H,9H2,1-2H3,(H,16,21)(H,18,19). The number of carbonyl (C=O) groups excluding carboxylic acids is 2. The molecule has 1 aromatic rings. The lowest BCUT2D eigenvalue weighted by atomic mass is 10.1. The van der Waals surface area contributed by atoms with Crippen molar-refractivity contribution in [2.75, 3.05) is 0 Å². The summed E-state index contributed by atoms with van der Waals surface area (Å²) in [4.78, 5) is 35.4. The van der Waals surface area contributed by atoms with Crippen LogP contribution in [0.15, 0.2) is 30.3 Å². The number of rotatable bonds is 4. The molecule has 0 aromatic heterocycles. The van der Waals surface area contributed by atoms with Gasteiger partial charge < -0.3 is 10.4 Å². The summed E-state index contributed by atoms with van der Waals surface area (Å²) in [6.45, 7) is 3.51. The van der Waals surface area contributed by atoms with Crippen molar-refractivity contribution in [2.45, 2.75) is 25.9 Å². The Kier molecular flexibility index (Phi) is 3.80. The predicted molar refractivity (Wildman–Crippen MR) is 76.3 cm³/mol. The van der Waals surface area contributed by atoms with Gasteiger partial charge in [-0.3, -0.25) is 9.69 Å². The van der Waals surface area contributed by atoms with Gasteiger partial charge in [-0.2, -0.15) is 0 Å². The smallest absolute Gasteiger partial charge is 0.328 e. The molecule has 0 aliphatic carbocycles. The maximum absolute atomic E-state index is 12.1. The van der Waals surface area contributed by atoms with Crippen LogP contribution in [0.4, 0.5) is 4.79 Å². The molecule has 1 fully saturated rings. The number of carboxylic acid groups (broad SMARTS) is 1. The lowest BCUT2D eigenvalue weighted by Gasteiger charge is -2.16. The van der Waals surface area contributed by atoms with E-state index in [1.165, 1.54) is 11.0 Å². The van der Waals surface area contributed by atoms with Gasteiger partial charge in [0.2, 0.25) is 0 Å². The molecule has 0 spiro atoms. The fourth-order valence-electron chi connectivity index (χ4n) is 2.05. The average molecular weight is 288 g/mol. The van der Waals surface area contributed by atoms with Gasteiger partial charge in [-0.15, -0.1) is 0 Å². The van der Waals surface area contributed by atoms with E-state index in [1.807, 2.05) is 0 Å². The summed E-state index contributed by atoms with van der Waals surface area (Å²) in [6.07, 6.45) is 2.53. The van der Waals surface area contributed by atoms with Crippen molar-refractivity contribution >= 4 is 24.0 Å². The van der Waals surface area contributed by atoms with Gasteiger partial charge in [-0.05, 0) is 31.1 Å². The molecular formula is C15H16N2O4. The normalized spacial score (nSPS) is 17.3. The molecule has 6 heteroatoms. The van der Waals surface area contributed by atoms with Crippen molar-refractivity contribution in [2.24, 2.45) is 0 Å². The van der Waals surface area contributed by atoms with Gasteiger partial charge in [-0.25, -0.2) is 9.59 Å². The van der Waals surface area contributed by atoms with Crippen LogP contribution in [-0.2, 0) is 16.1 Å². The van der Waals surface area contributed by atoms with E-state index in [1.54, 1.807) is 38.1 Å². The first-order chi connectivity index (χ1) is 9.79. The highest BCUT2D eigenvalue weighted by atomic mass is 16.4. The van der Waals surface area contributed by atoms with Crippen molar-refractivity contribution in [3.63, 3.8) is 0 Å². The molecule has 1 heterocycles. The molecule has 1 aliphatic heterocycles. The predicted octanol–water partition coefficient (Wildman–Crippen LogP) is 1.61. The minimum absolute atomic E-state index is 0.191. The Hall–Kier alpha value is -2.63. The molecule has 3 amide bonds. The van der Waals surface area contributed by atoms with Crippen LogP contribution in [0.3, 0.4) is 0 Å². The molecule has 0 unspecified atom stereocenters. The first-order valence-corrected chi connectivity index (χ1v) is 6.44. The van der Waals surface area contributed by atoms with Crippen molar-refractivity contribution in [1.82, 2.24) is 10.2 Å². The second-order valence-corrected chi connectivity index (χ2v) is 5.36. The van der Waals surface area contributed by atoms with Crippen LogP contribution in [0.1, 0.15) is 25.0 Å². The van der Waals surface area contributed by atoms with Gasteiger partial charge in [0.25, 0.3) is 5.91 Å². The highest BCUT2D eigenvalue weighted by Gasteiger charge is 2.43. The largest absolute Gasteiger partial charge is 0.478 e. The van der Waals surface area contributed by atoms with E-state index >= 15 is 0 Å². The summed E-state index contributed by atoms with van der Waals surface area (Å²) in [5.41, 5.74) is 0.656. The number of aliphatic carboxylic acids is 1. The summed E-state index contributed by atoms with van der Waals surface area (Å²) in [5, 5.41) is 11.2. The SMILES string of the molecule is CC1(C)NC(=O)N(Cc2ccc(C=CC(=O)O)cc2)C1=O. The van der Waals surface area contributed by atoms with Crippen molar-refractivity contribution in [3.05, 3.63) is 41.5 Å². The Morgan fingerprint density at radius 2 is 1.90 bits per heavy atom. The van der Waals surface area contributed by atoms with E-state index in [0.29, 0.717) is 0 Å². The zero-order valence-electron chi connectivity index (χ0n) is 11.8. The molecular weight excluding hydrogens is 272 g/mol. The number of imide groups is 1. The lowest BCUT2D eigenvalue weighted by Crippen LogP contribution is -2.40. The van der Waals surface area contributed by atoms with Crippen LogP contribution in [0.25, 0.3) is 6.08 Å². The van der Waals surface area contributed by atoms with E-state index in [0.717, 1.165) is 17.2 Å². The van der Waals surface area contributed by atoms with Crippen LogP contribution < -0.4 is 5.32 Å². The van der Waals surface area contributed by atoms with Crippen LogP contribution in [0, 0.1) is 0 Å². The lowest BCUT2D eigenvalue weighted by molar-refractivity contribution is -0.131. The minimum atomic E-state index is -1.01. The molecule has 21 heavy (non-hydrogen) atoms. The van der Waals surface area contributed by atoms with Gasteiger partial charge in [0, 0.05) is 6.08 Å². The third-order valence-electron chi connectivity index (χ3n) is 3.18. The van der Waals surface area contributed by atoms with Crippen LogP contribution in [0.5, 0.6) is 0 Å². The zero-order valence-corrected chi connectivity index (χ0v) is 11.8. The van der Waals surface area contributed by atoms with Gasteiger partial charge >= 0.3 is 12.0 Å². The van der Waals surface area contributed by atoms with Gasteiger partial charge in [0.15, 0.2) is 0 Å². The third kappa shape index (κ3) is 3.28. The van der Waals surface area contributed by atoms with Crippen molar-refractivity contribution < 1.29 is 19.5 Å². The van der Waals surface area contributed by atoms with Crippen molar-refractivity contribution in [3.8, 4) is 0 Å². The minimum Gasteiger partial charge on any atom is -0.478 e. The Balaban J connectivity index is 2.09. The van der Waals surface area contributed by atoms with Crippen molar-refractivity contribution in [1.29, 1.82) is 0 Å².